The lowest BCUT2D eigenvalue weighted by atomic mass is 10.2. The number of rotatable bonds is 7. The number of carbonyl (C=O) groups is 1. The predicted molar refractivity (Wildman–Crippen MR) is 76.3 cm³/mol. The van der Waals surface area contributed by atoms with Gasteiger partial charge in [-0.25, -0.2) is 4.39 Å². The summed E-state index contributed by atoms with van der Waals surface area (Å²) in [7, 11) is 0. The smallest absolute Gasteiger partial charge is 0.224 e. The molecule has 1 rings (SSSR count). The third-order valence-electron chi connectivity index (χ3n) is 2.33. The van der Waals surface area contributed by atoms with Gasteiger partial charge in [-0.15, -0.1) is 0 Å². The Balaban J connectivity index is 2.31. The molecule has 0 fully saturated rings. The number of amides is 1. The largest absolute Gasteiger partial charge is 0.397 e. The monoisotopic (exact) mass is 270 g/mol. The summed E-state index contributed by atoms with van der Waals surface area (Å²) in [5, 5.41) is 2.69. The summed E-state index contributed by atoms with van der Waals surface area (Å²) in [6.07, 6.45) is 2.47. The second kappa shape index (κ2) is 7.97. The molecule has 0 saturated carbocycles. The van der Waals surface area contributed by atoms with E-state index in [1.165, 1.54) is 18.2 Å². The average Bonchev–Trinajstić information content (AvgIpc) is 2.32. The van der Waals surface area contributed by atoms with Crippen LogP contribution in [0, 0.1) is 5.82 Å². The van der Waals surface area contributed by atoms with Crippen LogP contribution in [0.5, 0.6) is 0 Å². The number of nitrogens with one attached hydrogen (secondary N) is 1. The minimum Gasteiger partial charge on any atom is -0.397 e. The van der Waals surface area contributed by atoms with E-state index in [1.54, 1.807) is 0 Å². The molecule has 5 heteroatoms. The molecule has 0 saturated heterocycles. The molecule has 18 heavy (non-hydrogen) atoms. The summed E-state index contributed by atoms with van der Waals surface area (Å²) < 4.78 is 12.8. The number of anilines is 2. The zero-order valence-electron chi connectivity index (χ0n) is 10.5. The fourth-order valence-electron chi connectivity index (χ4n) is 1.44. The van der Waals surface area contributed by atoms with Gasteiger partial charge >= 0.3 is 0 Å². The fraction of sp³-hybridized carbons (Fsp3) is 0.462. The van der Waals surface area contributed by atoms with Crippen LogP contribution >= 0.6 is 11.8 Å². The lowest BCUT2D eigenvalue weighted by molar-refractivity contribution is -0.116. The van der Waals surface area contributed by atoms with Crippen molar-refractivity contribution in [1.82, 2.24) is 0 Å². The van der Waals surface area contributed by atoms with Gasteiger partial charge in [0.05, 0.1) is 11.4 Å². The first-order valence-corrected chi connectivity index (χ1v) is 7.21. The Morgan fingerprint density at radius 2 is 2.22 bits per heavy atom. The maximum Gasteiger partial charge on any atom is 0.224 e. The lowest BCUT2D eigenvalue weighted by Gasteiger charge is -2.08. The molecule has 3 N–H and O–H groups in total. The van der Waals surface area contributed by atoms with Crippen molar-refractivity contribution < 1.29 is 9.18 Å². The summed E-state index contributed by atoms with van der Waals surface area (Å²) in [5.74, 6) is 1.64. The van der Waals surface area contributed by atoms with E-state index < -0.39 is 5.82 Å². The van der Waals surface area contributed by atoms with E-state index in [9.17, 15) is 9.18 Å². The van der Waals surface area contributed by atoms with Gasteiger partial charge in [0.15, 0.2) is 0 Å². The van der Waals surface area contributed by atoms with E-state index >= 15 is 0 Å². The Labute approximate surface area is 111 Å². The number of thioether (sulfide) groups is 1. The zero-order chi connectivity index (χ0) is 13.4. The van der Waals surface area contributed by atoms with Crippen molar-refractivity contribution in [1.29, 1.82) is 0 Å². The van der Waals surface area contributed by atoms with E-state index in [4.69, 9.17) is 5.73 Å². The Morgan fingerprint density at radius 3 is 2.89 bits per heavy atom. The Kier molecular flexibility index (Phi) is 6.57. The number of nitrogen functional groups attached to an aromatic ring is 1. The molecular formula is C13H19FN2OS. The highest BCUT2D eigenvalue weighted by Gasteiger charge is 2.05. The van der Waals surface area contributed by atoms with Gasteiger partial charge in [-0.1, -0.05) is 6.92 Å². The van der Waals surface area contributed by atoms with Crippen LogP contribution in [0.1, 0.15) is 26.2 Å². The van der Waals surface area contributed by atoms with Crippen LogP contribution in [0.3, 0.4) is 0 Å². The van der Waals surface area contributed by atoms with Gasteiger partial charge in [0.1, 0.15) is 5.82 Å². The summed E-state index contributed by atoms with van der Waals surface area (Å²) in [4.78, 5) is 11.6. The molecule has 0 aliphatic carbocycles. The molecule has 3 nitrogen and oxygen atoms in total. The van der Waals surface area contributed by atoms with E-state index in [2.05, 4.69) is 12.2 Å². The van der Waals surface area contributed by atoms with Crippen molar-refractivity contribution >= 4 is 29.0 Å². The van der Waals surface area contributed by atoms with Gasteiger partial charge in [0, 0.05) is 6.42 Å². The number of hydrogen-bond acceptors (Lipinski definition) is 3. The molecule has 0 aromatic heterocycles. The van der Waals surface area contributed by atoms with Gasteiger partial charge in [-0.2, -0.15) is 11.8 Å². The van der Waals surface area contributed by atoms with Crippen LogP contribution in [0.4, 0.5) is 15.8 Å². The molecule has 0 aliphatic heterocycles. The highest BCUT2D eigenvalue weighted by Crippen LogP contribution is 2.19. The first-order chi connectivity index (χ1) is 8.63. The van der Waals surface area contributed by atoms with Crippen LogP contribution in [0.25, 0.3) is 0 Å². The second-order valence-electron chi connectivity index (χ2n) is 4.00. The highest BCUT2D eigenvalue weighted by atomic mass is 32.2. The van der Waals surface area contributed by atoms with Crippen molar-refractivity contribution in [3.05, 3.63) is 24.0 Å². The minimum atomic E-state index is -0.401. The molecule has 0 heterocycles. The van der Waals surface area contributed by atoms with Crippen LogP contribution in [0.15, 0.2) is 18.2 Å². The summed E-state index contributed by atoms with van der Waals surface area (Å²) in [5.41, 5.74) is 6.33. The van der Waals surface area contributed by atoms with E-state index in [0.29, 0.717) is 12.1 Å². The summed E-state index contributed by atoms with van der Waals surface area (Å²) in [6.45, 7) is 2.14. The third kappa shape index (κ3) is 5.40. The number of hydrogen-bond donors (Lipinski definition) is 2. The predicted octanol–water partition coefficient (Wildman–Crippen LogP) is 3.27. The van der Waals surface area contributed by atoms with Crippen LogP contribution in [-0.4, -0.2) is 17.4 Å². The highest BCUT2D eigenvalue weighted by molar-refractivity contribution is 7.99. The van der Waals surface area contributed by atoms with E-state index in [-0.39, 0.29) is 11.6 Å². The van der Waals surface area contributed by atoms with E-state index in [0.717, 1.165) is 24.3 Å². The maximum absolute atomic E-state index is 12.8. The molecule has 0 bridgehead atoms. The molecular weight excluding hydrogens is 251 g/mol. The van der Waals surface area contributed by atoms with Gasteiger partial charge in [-0.3, -0.25) is 4.79 Å². The van der Waals surface area contributed by atoms with Gasteiger partial charge in [0.25, 0.3) is 0 Å². The zero-order valence-corrected chi connectivity index (χ0v) is 11.4. The molecule has 0 unspecified atom stereocenters. The molecule has 1 aromatic carbocycles. The summed E-state index contributed by atoms with van der Waals surface area (Å²) in [6, 6.07) is 3.96. The number of carbonyl (C=O) groups excluding carboxylic acids is 1. The fourth-order valence-corrected chi connectivity index (χ4v) is 2.28. The Morgan fingerprint density at radius 1 is 1.44 bits per heavy atom. The van der Waals surface area contributed by atoms with Crippen molar-refractivity contribution in [3.63, 3.8) is 0 Å². The van der Waals surface area contributed by atoms with Crippen LogP contribution in [0.2, 0.25) is 0 Å². The average molecular weight is 270 g/mol. The Bertz CT molecular complexity index is 399. The van der Waals surface area contributed by atoms with E-state index in [1.807, 2.05) is 11.8 Å². The standard InChI is InChI=1S/C13H19FN2OS/c1-2-7-18-8-3-4-13(17)16-12-6-5-10(14)9-11(12)15/h5-6,9H,2-4,7-8,15H2,1H3,(H,16,17). The molecule has 0 aliphatic rings. The topological polar surface area (TPSA) is 55.1 Å². The van der Waals surface area contributed by atoms with Crippen molar-refractivity contribution in [3.8, 4) is 0 Å². The van der Waals surface area contributed by atoms with Crippen molar-refractivity contribution in [2.24, 2.45) is 0 Å². The lowest BCUT2D eigenvalue weighted by Crippen LogP contribution is -2.13. The number of halogens is 1. The molecule has 1 amide bonds. The van der Waals surface area contributed by atoms with Crippen LogP contribution in [-0.2, 0) is 4.79 Å². The first-order valence-electron chi connectivity index (χ1n) is 6.06. The Hall–Kier alpha value is -1.23. The molecule has 100 valence electrons. The molecule has 0 spiro atoms. The van der Waals surface area contributed by atoms with Gasteiger partial charge in [0.2, 0.25) is 5.91 Å². The minimum absolute atomic E-state index is 0.0783. The molecule has 1 aromatic rings. The normalized spacial score (nSPS) is 10.3. The SMILES string of the molecule is CCCSCCCC(=O)Nc1ccc(F)cc1N. The third-order valence-corrected chi connectivity index (χ3v) is 3.60. The van der Waals surface area contributed by atoms with Crippen molar-refractivity contribution in [2.75, 3.05) is 22.6 Å². The first kappa shape index (κ1) is 14.8. The summed E-state index contributed by atoms with van der Waals surface area (Å²) >= 11 is 1.85. The molecule has 0 atom stereocenters. The van der Waals surface area contributed by atoms with Gasteiger partial charge in [-0.05, 0) is 42.5 Å². The molecule has 0 radical (unpaired) electrons. The van der Waals surface area contributed by atoms with Crippen LogP contribution < -0.4 is 11.1 Å². The second-order valence-corrected chi connectivity index (χ2v) is 5.22. The maximum atomic E-state index is 12.8. The number of benzene rings is 1. The number of nitrogens with two attached hydrogens (primary N) is 1. The van der Waals surface area contributed by atoms with Crippen molar-refractivity contribution in [2.45, 2.75) is 26.2 Å². The van der Waals surface area contributed by atoms with Gasteiger partial charge < -0.3 is 11.1 Å². The quantitative estimate of drug-likeness (QED) is 0.590.